The summed E-state index contributed by atoms with van der Waals surface area (Å²) in [6, 6.07) is 5.95. The fourth-order valence-corrected chi connectivity index (χ4v) is 2.25. The number of benzene rings is 1. The second-order valence-corrected chi connectivity index (χ2v) is 6.66. The summed E-state index contributed by atoms with van der Waals surface area (Å²) in [6.07, 6.45) is 1.11. The fourth-order valence-electron chi connectivity index (χ4n) is 2.25. The molecule has 1 amide bonds. The van der Waals surface area contributed by atoms with Crippen LogP contribution < -0.4 is 16.0 Å². The van der Waals surface area contributed by atoms with Crippen molar-refractivity contribution in [2.24, 2.45) is 10.9 Å². The van der Waals surface area contributed by atoms with Crippen LogP contribution in [0.15, 0.2) is 29.3 Å². The van der Waals surface area contributed by atoms with Gasteiger partial charge >= 0.3 is 0 Å². The lowest BCUT2D eigenvalue weighted by atomic mass is 10.1. The Morgan fingerprint density at radius 1 is 1.14 bits per heavy atom. The Bertz CT molecular complexity index is 568. The predicted octanol–water partition coefficient (Wildman–Crippen LogP) is 2.72. The summed E-state index contributed by atoms with van der Waals surface area (Å²) >= 11 is 0. The number of rotatable bonds is 12. The average Bonchev–Trinajstić information content (AvgIpc) is 2.63. The molecule has 0 saturated carbocycles. The summed E-state index contributed by atoms with van der Waals surface area (Å²) in [5, 5.41) is 9.20. The van der Waals surface area contributed by atoms with E-state index in [0.29, 0.717) is 32.2 Å². The van der Waals surface area contributed by atoms with Crippen molar-refractivity contribution in [1.29, 1.82) is 0 Å². The van der Waals surface area contributed by atoms with Crippen LogP contribution in [-0.4, -0.2) is 51.3 Å². The first kappa shape index (κ1) is 26.6. The highest BCUT2D eigenvalue weighted by Crippen LogP contribution is 2.03. The Labute approximate surface area is 185 Å². The van der Waals surface area contributed by atoms with Crippen LogP contribution in [0, 0.1) is 11.7 Å². The van der Waals surface area contributed by atoms with Gasteiger partial charge in [0.05, 0.1) is 6.42 Å². The van der Waals surface area contributed by atoms with Crippen molar-refractivity contribution in [2.75, 3.05) is 39.4 Å². The molecule has 0 aliphatic heterocycles. The van der Waals surface area contributed by atoms with Crippen molar-refractivity contribution in [1.82, 2.24) is 16.0 Å². The molecular weight excluding hydrogens is 474 g/mol. The van der Waals surface area contributed by atoms with E-state index in [9.17, 15) is 9.18 Å². The first-order chi connectivity index (χ1) is 13.0. The van der Waals surface area contributed by atoms with Crippen LogP contribution in [0.4, 0.5) is 4.39 Å². The van der Waals surface area contributed by atoms with Gasteiger partial charge in [0, 0.05) is 39.4 Å². The molecule has 8 heteroatoms. The number of amides is 1. The van der Waals surface area contributed by atoms with Crippen LogP contribution in [0.2, 0.25) is 0 Å². The summed E-state index contributed by atoms with van der Waals surface area (Å²) < 4.78 is 18.4. The normalized spacial score (nSPS) is 11.1. The van der Waals surface area contributed by atoms with Crippen molar-refractivity contribution in [3.63, 3.8) is 0 Å². The number of nitrogens with one attached hydrogen (secondary N) is 3. The second kappa shape index (κ2) is 16.5. The lowest BCUT2D eigenvalue weighted by Gasteiger charge is -2.12. The summed E-state index contributed by atoms with van der Waals surface area (Å²) in [4.78, 5) is 16.4. The molecule has 0 saturated heterocycles. The maximum absolute atomic E-state index is 12.9. The quantitative estimate of drug-likeness (QED) is 0.176. The minimum absolute atomic E-state index is 0. The minimum atomic E-state index is -0.301. The molecule has 0 aliphatic carbocycles. The number of aliphatic imine (C=N–C) groups is 1. The Kier molecular flexibility index (Phi) is 15.7. The van der Waals surface area contributed by atoms with Gasteiger partial charge in [-0.05, 0) is 37.0 Å². The zero-order valence-electron chi connectivity index (χ0n) is 17.1. The molecular formula is C20H34FIN4O2. The summed E-state index contributed by atoms with van der Waals surface area (Å²) in [6.45, 7) is 10.3. The van der Waals surface area contributed by atoms with E-state index in [4.69, 9.17) is 4.74 Å². The molecule has 1 rings (SSSR count). The molecule has 0 radical (unpaired) electrons. The van der Waals surface area contributed by atoms with E-state index in [2.05, 4.69) is 34.8 Å². The van der Waals surface area contributed by atoms with Crippen molar-refractivity contribution in [2.45, 2.75) is 33.6 Å². The number of guanidine groups is 1. The highest BCUT2D eigenvalue weighted by molar-refractivity contribution is 14.0. The van der Waals surface area contributed by atoms with Crippen molar-refractivity contribution in [3.05, 3.63) is 35.6 Å². The zero-order chi connectivity index (χ0) is 19.9. The van der Waals surface area contributed by atoms with Crippen LogP contribution >= 0.6 is 24.0 Å². The molecule has 0 fully saturated rings. The first-order valence-corrected chi connectivity index (χ1v) is 9.62. The summed E-state index contributed by atoms with van der Waals surface area (Å²) in [5.74, 6) is 0.887. The maximum Gasteiger partial charge on any atom is 0.224 e. The SMILES string of the molecule is CCNC(=NCCCOCC(C)C)NCCNC(=O)Cc1ccc(F)cc1.I. The van der Waals surface area contributed by atoms with Crippen molar-refractivity contribution < 1.29 is 13.9 Å². The van der Waals surface area contributed by atoms with Gasteiger partial charge in [-0.25, -0.2) is 4.39 Å². The lowest BCUT2D eigenvalue weighted by Crippen LogP contribution is -2.41. The standard InChI is InChI=1S/C20H33FN4O2.HI/c1-4-22-20(24-10-5-13-27-15-16(2)3)25-12-11-23-19(26)14-17-6-8-18(21)9-7-17;/h6-9,16H,4-5,10-15H2,1-3H3,(H,23,26)(H2,22,24,25);1H. The van der Waals surface area contributed by atoms with Gasteiger partial charge < -0.3 is 20.7 Å². The monoisotopic (exact) mass is 508 g/mol. The molecule has 6 nitrogen and oxygen atoms in total. The van der Waals surface area contributed by atoms with Crippen LogP contribution in [0.1, 0.15) is 32.8 Å². The van der Waals surface area contributed by atoms with Crippen molar-refractivity contribution >= 4 is 35.8 Å². The van der Waals surface area contributed by atoms with Gasteiger partial charge in [-0.2, -0.15) is 0 Å². The Morgan fingerprint density at radius 2 is 1.82 bits per heavy atom. The molecule has 0 aromatic heterocycles. The molecule has 0 bridgehead atoms. The maximum atomic E-state index is 12.9. The van der Waals surface area contributed by atoms with Gasteiger partial charge in [-0.3, -0.25) is 9.79 Å². The van der Waals surface area contributed by atoms with Crippen LogP contribution in [0.25, 0.3) is 0 Å². The molecule has 28 heavy (non-hydrogen) atoms. The molecule has 3 N–H and O–H groups in total. The Balaban J connectivity index is 0.00000729. The Hall–Kier alpha value is -1.42. The van der Waals surface area contributed by atoms with Gasteiger partial charge in [0.2, 0.25) is 5.91 Å². The number of nitrogens with zero attached hydrogens (tertiary/aromatic N) is 1. The number of hydrogen-bond donors (Lipinski definition) is 3. The molecule has 0 heterocycles. The number of ether oxygens (including phenoxy) is 1. The van der Waals surface area contributed by atoms with E-state index in [-0.39, 0.29) is 42.1 Å². The van der Waals surface area contributed by atoms with Crippen LogP contribution in [0.5, 0.6) is 0 Å². The molecule has 0 spiro atoms. The molecule has 1 aromatic rings. The largest absolute Gasteiger partial charge is 0.381 e. The van der Waals surface area contributed by atoms with E-state index in [0.717, 1.165) is 31.1 Å². The fraction of sp³-hybridized carbons (Fsp3) is 0.600. The highest BCUT2D eigenvalue weighted by Gasteiger charge is 2.03. The average molecular weight is 508 g/mol. The van der Waals surface area contributed by atoms with Crippen LogP contribution in [0.3, 0.4) is 0 Å². The van der Waals surface area contributed by atoms with E-state index in [1.807, 2.05) is 6.92 Å². The van der Waals surface area contributed by atoms with Crippen molar-refractivity contribution in [3.8, 4) is 0 Å². The van der Waals surface area contributed by atoms with Crippen LogP contribution in [-0.2, 0) is 16.0 Å². The van der Waals surface area contributed by atoms with Gasteiger partial charge in [0.1, 0.15) is 5.82 Å². The molecule has 0 unspecified atom stereocenters. The number of carbonyl (C=O) groups is 1. The topological polar surface area (TPSA) is 74.8 Å². The van der Waals surface area contributed by atoms with Gasteiger partial charge in [0.15, 0.2) is 5.96 Å². The third-order valence-corrected chi connectivity index (χ3v) is 3.53. The summed E-state index contributed by atoms with van der Waals surface area (Å²) in [5.41, 5.74) is 0.788. The zero-order valence-corrected chi connectivity index (χ0v) is 19.4. The van der Waals surface area contributed by atoms with E-state index in [1.54, 1.807) is 12.1 Å². The number of hydrogen-bond acceptors (Lipinski definition) is 3. The van der Waals surface area contributed by atoms with E-state index >= 15 is 0 Å². The molecule has 1 aromatic carbocycles. The smallest absolute Gasteiger partial charge is 0.224 e. The molecule has 160 valence electrons. The van der Waals surface area contributed by atoms with Gasteiger partial charge in [-0.15, -0.1) is 24.0 Å². The number of halogens is 2. The van der Waals surface area contributed by atoms with Gasteiger partial charge in [-0.1, -0.05) is 26.0 Å². The number of carbonyl (C=O) groups excluding carboxylic acids is 1. The predicted molar refractivity (Wildman–Crippen MR) is 123 cm³/mol. The molecule has 0 atom stereocenters. The van der Waals surface area contributed by atoms with E-state index < -0.39 is 0 Å². The lowest BCUT2D eigenvalue weighted by molar-refractivity contribution is -0.120. The second-order valence-electron chi connectivity index (χ2n) is 6.66. The third-order valence-electron chi connectivity index (χ3n) is 3.53. The van der Waals surface area contributed by atoms with E-state index in [1.165, 1.54) is 12.1 Å². The Morgan fingerprint density at radius 3 is 2.46 bits per heavy atom. The summed E-state index contributed by atoms with van der Waals surface area (Å²) in [7, 11) is 0. The minimum Gasteiger partial charge on any atom is -0.381 e. The highest BCUT2D eigenvalue weighted by atomic mass is 127. The third kappa shape index (κ3) is 13.7. The first-order valence-electron chi connectivity index (χ1n) is 9.62. The van der Waals surface area contributed by atoms with Gasteiger partial charge in [0.25, 0.3) is 0 Å². The molecule has 0 aliphatic rings.